The van der Waals surface area contributed by atoms with Crippen LogP contribution in [-0.2, 0) is 24.2 Å². The summed E-state index contributed by atoms with van der Waals surface area (Å²) in [5.41, 5.74) is 4.78. The molecule has 2 aliphatic rings. The number of rotatable bonds is 3. The minimum atomic E-state index is -0.0396. The zero-order valence-electron chi connectivity index (χ0n) is 15.6. The average Bonchev–Trinajstić information content (AvgIpc) is 3.13. The van der Waals surface area contributed by atoms with Crippen LogP contribution < -0.4 is 5.32 Å². The van der Waals surface area contributed by atoms with Gasteiger partial charge in [-0.1, -0.05) is 24.3 Å². The lowest BCUT2D eigenvalue weighted by Crippen LogP contribution is -2.51. The molecule has 0 atom stereocenters. The van der Waals surface area contributed by atoms with Crippen molar-refractivity contribution in [1.29, 1.82) is 0 Å². The average molecular weight is 367 g/mol. The summed E-state index contributed by atoms with van der Waals surface area (Å²) in [7, 11) is 0. The molecule has 7 heteroatoms. The largest absolute Gasteiger partial charge is 0.339 e. The molecule has 0 spiro atoms. The summed E-state index contributed by atoms with van der Waals surface area (Å²) in [6, 6.07) is 7.98. The smallest absolute Gasteiger partial charge is 0.274 e. The van der Waals surface area contributed by atoms with Crippen molar-refractivity contribution >= 4 is 11.8 Å². The van der Waals surface area contributed by atoms with Gasteiger partial charge in [-0.05, 0) is 18.1 Å². The Hall–Kier alpha value is -2.67. The predicted molar refractivity (Wildman–Crippen MR) is 101 cm³/mol. The molecule has 1 aromatic heterocycles. The van der Waals surface area contributed by atoms with Crippen LogP contribution in [0.3, 0.4) is 0 Å². The van der Waals surface area contributed by atoms with Gasteiger partial charge in [-0.2, -0.15) is 5.10 Å². The van der Waals surface area contributed by atoms with Crippen molar-refractivity contribution in [3.8, 4) is 0 Å². The van der Waals surface area contributed by atoms with Crippen LogP contribution in [0, 0.1) is 6.92 Å². The second-order valence-electron chi connectivity index (χ2n) is 7.23. The van der Waals surface area contributed by atoms with Crippen molar-refractivity contribution in [3.63, 3.8) is 0 Å². The third kappa shape index (κ3) is 3.60. The Morgan fingerprint density at radius 2 is 1.85 bits per heavy atom. The molecule has 0 aliphatic carbocycles. The van der Waals surface area contributed by atoms with Crippen LogP contribution in [-0.4, -0.2) is 64.5 Å². The Kier molecular flexibility index (Phi) is 4.94. The Balaban J connectivity index is 1.36. The molecule has 0 radical (unpaired) electrons. The molecule has 1 aromatic carbocycles. The molecule has 2 amide bonds. The fourth-order valence-electron chi connectivity index (χ4n) is 3.79. The summed E-state index contributed by atoms with van der Waals surface area (Å²) in [4.78, 5) is 29.1. The number of aromatic amines is 1. The quantitative estimate of drug-likeness (QED) is 0.844. The number of hydrogen-bond acceptors (Lipinski definition) is 4. The van der Waals surface area contributed by atoms with E-state index in [4.69, 9.17) is 0 Å². The van der Waals surface area contributed by atoms with Crippen molar-refractivity contribution in [2.45, 2.75) is 26.3 Å². The van der Waals surface area contributed by atoms with E-state index in [0.717, 1.165) is 35.3 Å². The number of hydrogen-bond donors (Lipinski definition) is 2. The van der Waals surface area contributed by atoms with Crippen LogP contribution in [0.2, 0.25) is 0 Å². The number of nitrogens with zero attached hydrogens (tertiary/aromatic N) is 3. The van der Waals surface area contributed by atoms with Gasteiger partial charge in [0.15, 0.2) is 5.69 Å². The summed E-state index contributed by atoms with van der Waals surface area (Å²) in [6.07, 6.45) is 1.29. The summed E-state index contributed by atoms with van der Waals surface area (Å²) >= 11 is 0. The minimum absolute atomic E-state index is 0.0396. The van der Waals surface area contributed by atoms with Crippen molar-refractivity contribution < 1.29 is 9.59 Å². The standard InChI is InChI=1S/C20H25N5O2/c1-14-4-2-3-5-15(14)12-18(26)24-8-10-25(11-9-24)20(27)19-16-13-21-7-6-17(16)22-23-19/h2-5,21H,6-13H2,1H3,(H,22,23). The van der Waals surface area contributed by atoms with Crippen molar-refractivity contribution in [2.24, 2.45) is 0 Å². The van der Waals surface area contributed by atoms with Gasteiger partial charge < -0.3 is 15.1 Å². The first-order valence-corrected chi connectivity index (χ1v) is 9.52. The second-order valence-corrected chi connectivity index (χ2v) is 7.23. The van der Waals surface area contributed by atoms with Crippen molar-refractivity contribution in [1.82, 2.24) is 25.3 Å². The topological polar surface area (TPSA) is 81.3 Å². The first-order chi connectivity index (χ1) is 13.1. The van der Waals surface area contributed by atoms with Crippen molar-refractivity contribution in [2.75, 3.05) is 32.7 Å². The van der Waals surface area contributed by atoms with Gasteiger partial charge >= 0.3 is 0 Å². The molecule has 1 saturated heterocycles. The van der Waals surface area contributed by atoms with Gasteiger partial charge in [-0.25, -0.2) is 0 Å². The number of benzene rings is 1. The van der Waals surface area contributed by atoms with Gasteiger partial charge in [0.05, 0.1) is 6.42 Å². The highest BCUT2D eigenvalue weighted by atomic mass is 16.2. The molecule has 0 unspecified atom stereocenters. The maximum absolute atomic E-state index is 12.9. The van der Waals surface area contributed by atoms with Gasteiger partial charge in [-0.15, -0.1) is 0 Å². The van der Waals surface area contributed by atoms with Gasteiger partial charge in [-0.3, -0.25) is 14.7 Å². The van der Waals surface area contributed by atoms with Crippen LogP contribution in [0.1, 0.15) is 32.9 Å². The van der Waals surface area contributed by atoms with Crippen LogP contribution in [0.25, 0.3) is 0 Å². The Morgan fingerprint density at radius 3 is 2.63 bits per heavy atom. The molecule has 7 nitrogen and oxygen atoms in total. The lowest BCUT2D eigenvalue weighted by molar-refractivity contribution is -0.131. The number of fused-ring (bicyclic) bond motifs is 1. The van der Waals surface area contributed by atoms with E-state index in [1.165, 1.54) is 0 Å². The van der Waals surface area contributed by atoms with Crippen LogP contribution in [0.15, 0.2) is 24.3 Å². The fraction of sp³-hybridized carbons (Fsp3) is 0.450. The molecule has 2 aliphatic heterocycles. The van der Waals surface area contributed by atoms with E-state index in [0.29, 0.717) is 44.8 Å². The van der Waals surface area contributed by atoms with Crippen molar-refractivity contribution in [3.05, 3.63) is 52.3 Å². The monoisotopic (exact) mass is 367 g/mol. The molecule has 142 valence electrons. The highest BCUT2D eigenvalue weighted by Crippen LogP contribution is 2.18. The molecule has 3 heterocycles. The molecule has 4 rings (SSSR count). The number of H-pyrrole nitrogens is 1. The summed E-state index contributed by atoms with van der Waals surface area (Å²) in [5, 5.41) is 10.6. The van der Waals surface area contributed by atoms with Crippen LogP contribution >= 0.6 is 0 Å². The molecule has 27 heavy (non-hydrogen) atoms. The van der Waals surface area contributed by atoms with E-state index < -0.39 is 0 Å². The zero-order valence-corrected chi connectivity index (χ0v) is 15.6. The van der Waals surface area contributed by atoms with Gasteiger partial charge in [0.25, 0.3) is 5.91 Å². The number of carbonyl (C=O) groups is 2. The third-order valence-corrected chi connectivity index (χ3v) is 5.53. The van der Waals surface area contributed by atoms with E-state index in [-0.39, 0.29) is 11.8 Å². The van der Waals surface area contributed by atoms with Crippen LogP contribution in [0.4, 0.5) is 0 Å². The van der Waals surface area contributed by atoms with E-state index in [9.17, 15) is 9.59 Å². The molecule has 0 bridgehead atoms. The minimum Gasteiger partial charge on any atom is -0.339 e. The van der Waals surface area contributed by atoms with Gasteiger partial charge in [0.2, 0.25) is 5.91 Å². The van der Waals surface area contributed by atoms with E-state index >= 15 is 0 Å². The van der Waals surface area contributed by atoms with E-state index in [1.54, 1.807) is 0 Å². The highest BCUT2D eigenvalue weighted by molar-refractivity contribution is 5.94. The Bertz CT molecular complexity index is 852. The lowest BCUT2D eigenvalue weighted by Gasteiger charge is -2.34. The Morgan fingerprint density at radius 1 is 1.11 bits per heavy atom. The zero-order chi connectivity index (χ0) is 18.8. The van der Waals surface area contributed by atoms with E-state index in [2.05, 4.69) is 15.5 Å². The number of piperazine rings is 1. The molecule has 0 saturated carbocycles. The first-order valence-electron chi connectivity index (χ1n) is 9.52. The maximum atomic E-state index is 12.9. The normalized spacial score (nSPS) is 16.9. The molecular formula is C20H25N5O2. The summed E-state index contributed by atoms with van der Waals surface area (Å²) in [6.45, 7) is 5.86. The molecular weight excluding hydrogens is 342 g/mol. The fourth-order valence-corrected chi connectivity index (χ4v) is 3.79. The number of aryl methyl sites for hydroxylation is 1. The van der Waals surface area contributed by atoms with Gasteiger partial charge in [0.1, 0.15) is 0 Å². The third-order valence-electron chi connectivity index (χ3n) is 5.53. The summed E-state index contributed by atoms with van der Waals surface area (Å²) in [5.74, 6) is 0.0833. The number of aromatic nitrogens is 2. The molecule has 2 N–H and O–H groups in total. The SMILES string of the molecule is Cc1ccccc1CC(=O)N1CCN(C(=O)c2n[nH]c3c2CNCC3)CC1. The number of carbonyl (C=O) groups excluding carboxylic acids is 2. The molecule has 2 aromatic rings. The first kappa shape index (κ1) is 17.7. The molecule has 1 fully saturated rings. The summed E-state index contributed by atoms with van der Waals surface area (Å²) < 4.78 is 0. The second kappa shape index (κ2) is 7.52. The Labute approximate surface area is 158 Å². The maximum Gasteiger partial charge on any atom is 0.274 e. The lowest BCUT2D eigenvalue weighted by atomic mass is 10.0. The predicted octanol–water partition coefficient (Wildman–Crippen LogP) is 0.891. The highest BCUT2D eigenvalue weighted by Gasteiger charge is 2.29. The van der Waals surface area contributed by atoms with E-state index in [1.807, 2.05) is 41.0 Å². The van der Waals surface area contributed by atoms with Crippen LogP contribution in [0.5, 0.6) is 0 Å². The number of amides is 2. The van der Waals surface area contributed by atoms with Gasteiger partial charge in [0, 0.05) is 56.9 Å². The number of nitrogens with one attached hydrogen (secondary N) is 2.